The lowest BCUT2D eigenvalue weighted by molar-refractivity contribution is -0.218. The van der Waals surface area contributed by atoms with E-state index in [-0.39, 0.29) is 94.1 Å². The highest BCUT2D eigenvalue weighted by Gasteiger charge is 2.45. The maximum absolute atomic E-state index is 13.3. The first-order chi connectivity index (χ1) is 67.5. The quantitative estimate of drug-likeness (QED) is 0.00647. The number of benzene rings is 12. The Morgan fingerprint density at radius 3 is 1.41 bits per heavy atom. The Balaban J connectivity index is 0.000000152. The van der Waals surface area contributed by atoms with Crippen molar-refractivity contribution in [2.45, 2.75) is 183 Å². The number of nitrogens with two attached hydrogens (primary N) is 1. The molecule has 0 spiro atoms. The molecule has 2 fully saturated rings. The fourth-order valence-corrected chi connectivity index (χ4v) is 31.1. The molecule has 32 heteroatoms. The molecule has 3 aliphatic rings. The van der Waals surface area contributed by atoms with Gasteiger partial charge in [-0.05, 0) is 293 Å². The number of nitrogens with one attached hydrogen (secondary N) is 2. The van der Waals surface area contributed by atoms with Gasteiger partial charge in [0.15, 0.2) is 43.3 Å². The minimum Gasteiger partial charge on any atom is -0.861 e. The fraction of sp³-hybridized carbons (Fsp3) is 0.306. The number of fused-ring (bicyclic) bond motifs is 8. The van der Waals surface area contributed by atoms with Crippen LogP contribution in [0.4, 0.5) is 11.4 Å². The molecule has 0 radical (unpaired) electrons. The first-order valence-corrected chi connectivity index (χ1v) is 58.5. The molecule has 2 aliphatic heterocycles. The lowest BCUT2D eigenvalue weighted by atomic mass is 9.96. The molecule has 1 unspecified atom stereocenters. The predicted octanol–water partition coefficient (Wildman–Crippen LogP) is 19.3. The number of aliphatic hydroxyl groups is 4. The van der Waals surface area contributed by atoms with Gasteiger partial charge in [-0.1, -0.05) is 175 Å². The Morgan fingerprint density at radius 2 is 0.893 bits per heavy atom. The molecule has 24 nitrogen and oxygen atoms in total. The summed E-state index contributed by atoms with van der Waals surface area (Å²) in [7, 11) is -19.8. The third-order valence-electron chi connectivity index (χ3n) is 23.8. The summed E-state index contributed by atoms with van der Waals surface area (Å²) in [5.74, 6) is -1.90. The Kier molecular flexibility index (Phi) is 40.1. The van der Waals surface area contributed by atoms with Crippen LogP contribution >= 0.6 is 20.9 Å². The zero-order chi connectivity index (χ0) is 99.8. The first kappa shape index (κ1) is 108. The maximum Gasteiger partial charge on any atom is 0.281 e. The van der Waals surface area contributed by atoms with Crippen LogP contribution in [-0.2, 0) is 80.1 Å². The number of unbranched alkanes of at least 4 members (excludes halogenated alkanes) is 6. The number of carbonyl (C=O) groups is 1. The molecule has 2 aromatic heterocycles. The molecule has 8 N–H and O–H groups in total. The third kappa shape index (κ3) is 29.6. The maximum atomic E-state index is 13.3. The van der Waals surface area contributed by atoms with Gasteiger partial charge in [0.2, 0.25) is 9.84 Å². The summed E-state index contributed by atoms with van der Waals surface area (Å²) in [5, 5.41) is 69.8. The Labute approximate surface area is 831 Å². The normalized spacial score (nSPS) is 14.3. The molecular formula is C108H123N7O17S8. The van der Waals surface area contributed by atoms with Gasteiger partial charge in [-0.25, -0.2) is 25.3 Å². The van der Waals surface area contributed by atoms with Crippen molar-refractivity contribution in [1.29, 1.82) is 0 Å². The van der Waals surface area contributed by atoms with Crippen molar-refractivity contribution in [3.8, 4) is 20.9 Å². The van der Waals surface area contributed by atoms with Gasteiger partial charge in [0, 0.05) is 123 Å². The van der Waals surface area contributed by atoms with E-state index in [0.717, 1.165) is 77.2 Å². The Bertz CT molecular complexity index is 7010. The number of nitrogen functional groups attached to an aromatic ring is 1. The van der Waals surface area contributed by atoms with E-state index in [1.807, 2.05) is 79.7 Å². The Hall–Kier alpha value is -11.1. The van der Waals surface area contributed by atoms with Crippen molar-refractivity contribution in [3.63, 3.8) is 0 Å². The van der Waals surface area contributed by atoms with Gasteiger partial charge >= 0.3 is 0 Å². The summed E-state index contributed by atoms with van der Waals surface area (Å²) >= 11 is 0. The molecule has 4 heterocycles. The van der Waals surface area contributed by atoms with E-state index in [2.05, 4.69) is 181 Å². The summed E-state index contributed by atoms with van der Waals surface area (Å²) < 4.78 is 135. The van der Waals surface area contributed by atoms with Gasteiger partial charge < -0.3 is 56.0 Å². The molecular weight excluding hydrogens is 1920 g/mol. The number of nitrogens with zero attached hydrogens (tertiary/aromatic N) is 4. The van der Waals surface area contributed by atoms with E-state index in [9.17, 15) is 62.2 Å². The van der Waals surface area contributed by atoms with Gasteiger partial charge in [0.05, 0.1) is 36.4 Å². The summed E-state index contributed by atoms with van der Waals surface area (Å²) in [4.78, 5) is 20.2. The summed E-state index contributed by atoms with van der Waals surface area (Å²) in [6, 6.07) is 93.2. The van der Waals surface area contributed by atoms with E-state index >= 15 is 0 Å². The molecule has 740 valence electrons. The second-order valence-corrected chi connectivity index (χ2v) is 48.8. The average Bonchev–Trinajstić information content (AvgIpc) is 1.09. The number of hydrogen-bond donors (Lipinski definition) is 7. The van der Waals surface area contributed by atoms with Gasteiger partial charge in [0.1, 0.15) is 20.7 Å². The van der Waals surface area contributed by atoms with Crippen LogP contribution < -0.4 is 31.5 Å². The standard InChI is InChI=1S/C26H21OS.C22H21O4S2.C21H17NO2S.C19H30N2O3S.C12H25N2O4S2.C8H10N2O3S/c27-18-17-19-9-11-20(12-10-19)21-13-15-22(16-14-21)28-25-7-3-1-5-23(25)24-6-2-4-8-26(24)28;23-13-11-16-5-8-18(9-6-16)27-19-3-1-2-4-21(19)28(25,26)22-15-17(12-14-24)7-10-20(22)27;23-14-13-22-21(24)15-9-11-16(12-10-15)25-19-7-3-1-5-17(19)18-6-2-4-8-20(18)25;1-2-3-4-5-6-7-10-19(22)20-25(23,24)18-13-11-17(12-14-18)21-15-8-9-16-21;1-2-3-10-19(15,16)14-20(17,18)11-9-13-12-7-5-4-6-8-12;1-6(11)10-14(12,13)8-4-2-7(9)3-5-8/h1-16,27H,17-18H2;1-10,15,23-24H,11-14H2;1-12,23H,13-14H2;11-14H,2-10,15-16H2,1H3,(H,20,22);12-13H,2-11H2,1H3;2-5H,9H2,1H3,(H,10,11)/q2*+1;;;-1;/p-1. The smallest absolute Gasteiger partial charge is 0.281 e. The molecule has 12 aromatic carbocycles. The first-order valence-electron chi connectivity index (χ1n) is 47.3. The number of thiophene rings is 2. The van der Waals surface area contributed by atoms with Gasteiger partial charge in [-0.15, -0.1) is 0 Å². The van der Waals surface area contributed by atoms with Crippen LogP contribution in [0, 0.1) is 0 Å². The molecule has 1 aliphatic carbocycles. The molecule has 1 amide bonds. The predicted molar refractivity (Wildman–Crippen MR) is 567 cm³/mol. The second-order valence-electron chi connectivity index (χ2n) is 34.0. The molecule has 140 heavy (non-hydrogen) atoms. The number of sulfone groups is 1. The third-order valence-corrected chi connectivity index (χ3v) is 38.9. The van der Waals surface area contributed by atoms with Crippen molar-refractivity contribution in [2.75, 3.05) is 74.7 Å². The number of sulfonamides is 4. The van der Waals surface area contributed by atoms with Crippen molar-refractivity contribution < 1.29 is 77.5 Å². The van der Waals surface area contributed by atoms with Crippen LogP contribution in [0.2, 0.25) is 0 Å². The van der Waals surface area contributed by atoms with E-state index in [4.69, 9.17) is 21.1 Å². The largest absolute Gasteiger partial charge is 0.861 e. The van der Waals surface area contributed by atoms with E-state index in [1.54, 1.807) is 42.5 Å². The minimum atomic E-state index is -3.90. The molecule has 17 rings (SSSR count). The minimum absolute atomic E-state index is 0.0204. The van der Waals surface area contributed by atoms with Gasteiger partial charge in [0.25, 0.3) is 26.0 Å². The zero-order valence-electron chi connectivity index (χ0n) is 78.9. The number of anilines is 2. The summed E-state index contributed by atoms with van der Waals surface area (Å²) in [5.41, 5.74) is 12.9. The highest BCUT2D eigenvalue weighted by atomic mass is 32.3. The fourth-order valence-electron chi connectivity index (χ4n) is 16.7. The van der Waals surface area contributed by atoms with E-state index in [0.29, 0.717) is 65.6 Å². The van der Waals surface area contributed by atoms with Crippen LogP contribution in [0.25, 0.3) is 65.4 Å². The topological polar surface area (TPSA) is 407 Å². The lowest BCUT2D eigenvalue weighted by Gasteiger charge is -2.24. The van der Waals surface area contributed by atoms with Gasteiger partial charge in [-0.2, -0.15) is 25.6 Å². The number of amides is 1. The summed E-state index contributed by atoms with van der Waals surface area (Å²) in [6.07, 6.45) is 17.4. The van der Waals surface area contributed by atoms with Crippen LogP contribution in [0.5, 0.6) is 0 Å². The molecule has 0 bridgehead atoms. The van der Waals surface area contributed by atoms with Crippen LogP contribution in [0.3, 0.4) is 0 Å². The van der Waals surface area contributed by atoms with Crippen molar-refractivity contribution in [2.24, 2.45) is 8.80 Å². The molecule has 1 saturated carbocycles. The van der Waals surface area contributed by atoms with Crippen molar-refractivity contribution >= 4 is 151 Å². The van der Waals surface area contributed by atoms with Crippen molar-refractivity contribution in [3.05, 3.63) is 312 Å². The number of aliphatic hydroxyl groups excluding tert-OH is 4. The van der Waals surface area contributed by atoms with E-state index in [1.165, 1.54) is 142 Å². The van der Waals surface area contributed by atoms with Crippen LogP contribution in [-0.4, -0.2) is 150 Å². The highest BCUT2D eigenvalue weighted by molar-refractivity contribution is 8.12. The average molecular weight is 2050 g/mol. The summed E-state index contributed by atoms with van der Waals surface area (Å²) in [6.45, 7) is 7.85. The lowest BCUT2D eigenvalue weighted by Crippen LogP contribution is -2.34. The molecule has 1 saturated heterocycles. The monoisotopic (exact) mass is 2050 g/mol. The van der Waals surface area contributed by atoms with Crippen LogP contribution in [0.15, 0.2) is 328 Å². The van der Waals surface area contributed by atoms with E-state index < -0.39 is 72.6 Å². The number of rotatable bonds is 34. The number of carbonyl (C=O) groups excluding carboxylic acids is 1. The highest BCUT2D eigenvalue weighted by Crippen LogP contribution is 2.51. The van der Waals surface area contributed by atoms with Crippen LogP contribution in [0.1, 0.15) is 151 Å². The molecule has 1 atom stereocenters. The van der Waals surface area contributed by atoms with Gasteiger partial charge in [-0.3, -0.25) is 4.79 Å². The Morgan fingerprint density at radius 1 is 0.457 bits per heavy atom. The zero-order valence-corrected chi connectivity index (χ0v) is 85.5. The SMILES string of the molecule is CC([O-])=NS(=O)(=O)c1ccc(N)cc1.CCCCCCCCC([O-])=NS(=O)(=O)c1ccc(N2CCCC2)cc1.CCCCS(=O)(=O)[N-]S(=O)(=O)CCNC1CCCCC1.O=C(NCCO)c1ccc(-[s+]2c3ccccc3c3ccccc32)cc1.O=S1(=O)c2ccccc2[S+](c2ccc(CCO)cc2)c2ccc(CCO)cc21.OCCc1ccc(-c2ccc(-[s+]3c4ccccc4c4ccccc43)cc2)cc1. The molecule has 14 aromatic rings. The van der Waals surface area contributed by atoms with Crippen molar-refractivity contribution in [1.82, 2.24) is 10.6 Å². The second kappa shape index (κ2) is 52.1. The number of hydrogen-bond acceptors (Lipinski definition) is 20.